The van der Waals surface area contributed by atoms with Gasteiger partial charge in [-0.3, -0.25) is 14.4 Å². The van der Waals surface area contributed by atoms with Gasteiger partial charge < -0.3 is 9.64 Å². The minimum absolute atomic E-state index is 0.0833. The van der Waals surface area contributed by atoms with E-state index in [1.165, 1.54) is 4.90 Å². The lowest BCUT2D eigenvalue weighted by molar-refractivity contribution is -0.139. The summed E-state index contributed by atoms with van der Waals surface area (Å²) in [5, 5.41) is 0. The number of carbonyl (C=O) groups excluding carboxylic acids is 3. The predicted molar refractivity (Wildman–Crippen MR) is 95.9 cm³/mol. The van der Waals surface area contributed by atoms with E-state index in [-0.39, 0.29) is 17.6 Å². The van der Waals surface area contributed by atoms with Crippen molar-refractivity contribution in [2.24, 2.45) is 4.99 Å². The number of anilines is 1. The van der Waals surface area contributed by atoms with E-state index in [2.05, 4.69) is 4.99 Å². The van der Waals surface area contributed by atoms with E-state index in [1.54, 1.807) is 14.0 Å². The zero-order chi connectivity index (χ0) is 17.3. The molecule has 0 spiro atoms. The molecule has 1 aromatic rings. The monoisotopic (exact) mass is 362 g/mol. The number of carbonyl (C=O) groups is 3. The third kappa shape index (κ3) is 2.99. The summed E-state index contributed by atoms with van der Waals surface area (Å²) >= 11 is 2.27. The Hall–Kier alpha value is -2.06. The summed E-state index contributed by atoms with van der Waals surface area (Å²) in [6, 6.07) is 7.32. The molecule has 0 saturated carbocycles. The summed E-state index contributed by atoms with van der Waals surface area (Å²) < 4.78 is 5.31. The molecule has 0 N–H and O–H groups in total. The van der Waals surface area contributed by atoms with Crippen molar-refractivity contribution in [2.45, 2.75) is 6.92 Å². The van der Waals surface area contributed by atoms with Crippen LogP contribution in [0.15, 0.2) is 34.2 Å². The second-order valence-electron chi connectivity index (χ2n) is 4.96. The number of hydrogen-bond donors (Lipinski definition) is 0. The molecule has 2 aliphatic rings. The van der Waals surface area contributed by atoms with E-state index in [0.717, 1.165) is 34.8 Å². The maximum Gasteiger partial charge on any atom is 0.316 e. The van der Waals surface area contributed by atoms with Gasteiger partial charge in [0.05, 0.1) is 28.5 Å². The van der Waals surface area contributed by atoms with Crippen LogP contribution in [0.4, 0.5) is 5.69 Å². The molecule has 8 heteroatoms. The number of fused-ring (bicyclic) bond motifs is 1. The average molecular weight is 362 g/mol. The van der Waals surface area contributed by atoms with E-state index < -0.39 is 5.91 Å². The molecule has 2 aliphatic heterocycles. The van der Waals surface area contributed by atoms with Crippen molar-refractivity contribution in [3.8, 4) is 0 Å². The maximum absolute atomic E-state index is 12.5. The van der Waals surface area contributed by atoms with Gasteiger partial charge in [0, 0.05) is 12.6 Å². The minimum Gasteiger partial charge on any atom is -0.465 e. The lowest BCUT2D eigenvalue weighted by Crippen LogP contribution is -2.21. The Labute approximate surface area is 147 Å². The van der Waals surface area contributed by atoms with Gasteiger partial charge in [-0.15, -0.1) is 0 Å². The molecule has 0 fully saturated rings. The molecular formula is C16H14N2O4S2. The Morgan fingerprint density at radius 2 is 2.08 bits per heavy atom. The van der Waals surface area contributed by atoms with Gasteiger partial charge in [-0.1, -0.05) is 41.7 Å². The van der Waals surface area contributed by atoms with Crippen LogP contribution >= 0.6 is 23.5 Å². The molecule has 124 valence electrons. The summed E-state index contributed by atoms with van der Waals surface area (Å²) in [4.78, 5) is 42.0. The summed E-state index contributed by atoms with van der Waals surface area (Å²) in [5.74, 6) is -0.944. The van der Waals surface area contributed by atoms with Crippen LogP contribution in [-0.2, 0) is 19.1 Å². The molecule has 24 heavy (non-hydrogen) atoms. The SMILES string of the molecule is CCOC(=O)CSC1=NC(=O)C(=C2C(=O)N(C)c3ccccc32)S1. The van der Waals surface area contributed by atoms with Crippen molar-refractivity contribution < 1.29 is 19.1 Å². The first-order valence-corrected chi connectivity index (χ1v) is 9.04. The molecule has 0 aromatic heterocycles. The van der Waals surface area contributed by atoms with E-state index in [4.69, 9.17) is 4.74 Å². The van der Waals surface area contributed by atoms with Crippen molar-refractivity contribution in [3.63, 3.8) is 0 Å². The summed E-state index contributed by atoms with van der Waals surface area (Å²) in [6.45, 7) is 2.04. The molecule has 0 saturated heterocycles. The van der Waals surface area contributed by atoms with Gasteiger partial charge >= 0.3 is 5.97 Å². The lowest BCUT2D eigenvalue weighted by atomic mass is 10.1. The van der Waals surface area contributed by atoms with Crippen LogP contribution in [0.3, 0.4) is 0 Å². The van der Waals surface area contributed by atoms with Gasteiger partial charge in [0.25, 0.3) is 11.8 Å². The summed E-state index contributed by atoms with van der Waals surface area (Å²) in [5.41, 5.74) is 1.87. The first-order chi connectivity index (χ1) is 11.5. The normalized spacial score (nSPS) is 19.6. The number of para-hydroxylation sites is 1. The van der Waals surface area contributed by atoms with Crippen molar-refractivity contribution >= 4 is 56.9 Å². The highest BCUT2D eigenvalue weighted by Crippen LogP contribution is 2.43. The number of nitrogens with zero attached hydrogens (tertiary/aromatic N) is 2. The first kappa shape index (κ1) is 16.8. The van der Waals surface area contributed by atoms with Gasteiger partial charge in [-0.2, -0.15) is 4.99 Å². The Kier molecular flexibility index (Phi) is 4.77. The Morgan fingerprint density at radius 1 is 1.33 bits per heavy atom. The number of aliphatic imine (C=N–C) groups is 1. The predicted octanol–water partition coefficient (Wildman–Crippen LogP) is 2.30. The van der Waals surface area contributed by atoms with Crippen LogP contribution in [0.2, 0.25) is 0 Å². The van der Waals surface area contributed by atoms with Crippen LogP contribution in [0.5, 0.6) is 0 Å². The molecule has 0 atom stereocenters. The van der Waals surface area contributed by atoms with E-state index in [9.17, 15) is 14.4 Å². The number of hydrogen-bond acceptors (Lipinski definition) is 6. The highest BCUT2D eigenvalue weighted by atomic mass is 32.2. The van der Waals surface area contributed by atoms with E-state index in [0.29, 0.717) is 21.5 Å². The van der Waals surface area contributed by atoms with Crippen LogP contribution in [-0.4, -0.2) is 41.6 Å². The zero-order valence-electron chi connectivity index (χ0n) is 13.1. The smallest absolute Gasteiger partial charge is 0.316 e. The number of esters is 1. The lowest BCUT2D eigenvalue weighted by Gasteiger charge is -2.08. The molecular weight excluding hydrogens is 348 g/mol. The van der Waals surface area contributed by atoms with Gasteiger partial charge in [0.1, 0.15) is 4.38 Å². The Bertz CT molecular complexity index is 801. The molecule has 3 rings (SSSR count). The molecule has 6 nitrogen and oxygen atoms in total. The Balaban J connectivity index is 1.84. The largest absolute Gasteiger partial charge is 0.465 e. The van der Waals surface area contributed by atoms with Gasteiger partial charge in [0.15, 0.2) is 0 Å². The van der Waals surface area contributed by atoms with Crippen molar-refractivity contribution in [3.05, 3.63) is 34.7 Å². The summed E-state index contributed by atoms with van der Waals surface area (Å²) in [7, 11) is 1.68. The zero-order valence-corrected chi connectivity index (χ0v) is 14.7. The highest BCUT2D eigenvalue weighted by Gasteiger charge is 2.37. The quantitative estimate of drug-likeness (QED) is 0.607. The molecule has 1 aromatic carbocycles. The van der Waals surface area contributed by atoms with Crippen LogP contribution < -0.4 is 4.90 Å². The second kappa shape index (κ2) is 6.82. The Morgan fingerprint density at radius 3 is 2.83 bits per heavy atom. The number of benzene rings is 1. The molecule has 0 radical (unpaired) electrons. The topological polar surface area (TPSA) is 76.0 Å². The minimum atomic E-state index is -0.445. The van der Waals surface area contributed by atoms with E-state index in [1.807, 2.05) is 24.3 Å². The van der Waals surface area contributed by atoms with Crippen LogP contribution in [0.25, 0.3) is 5.57 Å². The fourth-order valence-electron chi connectivity index (χ4n) is 2.42. The molecule has 0 unspecified atom stereocenters. The van der Waals surface area contributed by atoms with E-state index >= 15 is 0 Å². The van der Waals surface area contributed by atoms with Gasteiger partial charge in [-0.05, 0) is 13.0 Å². The molecule has 0 bridgehead atoms. The highest BCUT2D eigenvalue weighted by molar-refractivity contribution is 8.41. The van der Waals surface area contributed by atoms with Gasteiger partial charge in [-0.25, -0.2) is 0 Å². The molecule has 2 amide bonds. The number of amides is 2. The maximum atomic E-state index is 12.5. The van der Waals surface area contributed by atoms with Crippen molar-refractivity contribution in [2.75, 3.05) is 24.3 Å². The van der Waals surface area contributed by atoms with Crippen LogP contribution in [0, 0.1) is 0 Å². The van der Waals surface area contributed by atoms with Crippen molar-refractivity contribution in [1.29, 1.82) is 0 Å². The van der Waals surface area contributed by atoms with Gasteiger partial charge in [0.2, 0.25) is 0 Å². The standard InChI is InChI=1S/C16H14N2O4S2/c1-3-22-11(19)8-23-16-17-14(20)13(24-16)12-9-6-4-5-7-10(9)18(2)15(12)21/h4-7H,3,8H2,1-2H3. The summed E-state index contributed by atoms with van der Waals surface area (Å²) in [6.07, 6.45) is 0. The number of ether oxygens (including phenoxy) is 1. The molecule has 2 heterocycles. The van der Waals surface area contributed by atoms with Crippen LogP contribution in [0.1, 0.15) is 12.5 Å². The number of thioether (sulfide) groups is 2. The average Bonchev–Trinajstić information content (AvgIpc) is 3.05. The molecule has 0 aliphatic carbocycles. The van der Waals surface area contributed by atoms with Crippen molar-refractivity contribution in [1.82, 2.24) is 0 Å². The fraction of sp³-hybridized carbons (Fsp3) is 0.250. The fourth-order valence-corrected chi connectivity index (χ4v) is 4.29. The third-order valence-electron chi connectivity index (χ3n) is 3.48. The second-order valence-corrected chi connectivity index (χ2v) is 7.19. The number of likely N-dealkylation sites (N-methyl/N-ethyl adjacent to an activating group) is 1. The first-order valence-electron chi connectivity index (χ1n) is 7.24. The third-order valence-corrected chi connectivity index (χ3v) is 5.65. The number of rotatable bonds is 3.